The van der Waals surface area contributed by atoms with Crippen LogP contribution < -0.4 is 5.32 Å². The molecule has 0 saturated carbocycles. The van der Waals surface area contributed by atoms with Crippen LogP contribution in [0.15, 0.2) is 18.2 Å². The van der Waals surface area contributed by atoms with Crippen LogP contribution in [0.1, 0.15) is 26.3 Å². The molecular weight excluding hydrogens is 278 g/mol. The number of amides is 2. The lowest BCUT2D eigenvalue weighted by atomic mass is 9.83. The number of rotatable bonds is 2. The highest BCUT2D eigenvalue weighted by Gasteiger charge is 2.42. The summed E-state index contributed by atoms with van der Waals surface area (Å²) >= 11 is 0. The lowest BCUT2D eigenvalue weighted by Gasteiger charge is -2.42. The van der Waals surface area contributed by atoms with Crippen molar-refractivity contribution in [3.8, 4) is 0 Å². The SMILES string of the molecule is CC(C)(C)C1C(=O)NCC(=O)N1Cc1ccc(F)cc1F. The number of carbonyl (C=O) groups is 2. The van der Waals surface area contributed by atoms with Crippen molar-refractivity contribution in [2.45, 2.75) is 33.4 Å². The van der Waals surface area contributed by atoms with Gasteiger partial charge in [-0.2, -0.15) is 0 Å². The molecule has 1 aromatic carbocycles. The van der Waals surface area contributed by atoms with Gasteiger partial charge >= 0.3 is 0 Å². The second kappa shape index (κ2) is 5.42. The first-order chi connectivity index (χ1) is 9.70. The lowest BCUT2D eigenvalue weighted by molar-refractivity contribution is -0.150. The second-order valence-corrected chi connectivity index (χ2v) is 6.24. The molecule has 0 aliphatic carbocycles. The fourth-order valence-electron chi connectivity index (χ4n) is 2.52. The third-order valence-corrected chi connectivity index (χ3v) is 3.47. The summed E-state index contributed by atoms with van der Waals surface area (Å²) in [5.41, 5.74) is -0.301. The number of nitrogens with zero attached hydrogens (tertiary/aromatic N) is 1. The van der Waals surface area contributed by atoms with Crippen molar-refractivity contribution < 1.29 is 18.4 Å². The first-order valence-electron chi connectivity index (χ1n) is 6.71. The van der Waals surface area contributed by atoms with Gasteiger partial charge in [-0.1, -0.05) is 26.8 Å². The molecule has 0 bridgehead atoms. The highest BCUT2D eigenvalue weighted by atomic mass is 19.1. The number of hydrogen-bond acceptors (Lipinski definition) is 2. The van der Waals surface area contributed by atoms with Gasteiger partial charge in [0.1, 0.15) is 17.7 Å². The van der Waals surface area contributed by atoms with Crippen LogP contribution in [-0.2, 0) is 16.1 Å². The molecule has 1 fully saturated rings. The quantitative estimate of drug-likeness (QED) is 0.905. The Bertz CT molecular complexity index is 582. The van der Waals surface area contributed by atoms with Gasteiger partial charge in [-0.15, -0.1) is 0 Å². The molecule has 21 heavy (non-hydrogen) atoms. The van der Waals surface area contributed by atoms with Crippen molar-refractivity contribution in [1.82, 2.24) is 10.2 Å². The topological polar surface area (TPSA) is 49.4 Å². The van der Waals surface area contributed by atoms with Crippen molar-refractivity contribution in [2.75, 3.05) is 6.54 Å². The normalized spacial score (nSPS) is 19.7. The van der Waals surface area contributed by atoms with Crippen LogP contribution in [0.2, 0.25) is 0 Å². The second-order valence-electron chi connectivity index (χ2n) is 6.24. The third-order valence-electron chi connectivity index (χ3n) is 3.47. The summed E-state index contributed by atoms with van der Waals surface area (Å²) in [6, 6.07) is 2.52. The van der Waals surface area contributed by atoms with Crippen molar-refractivity contribution in [3.05, 3.63) is 35.4 Å². The number of halogens is 2. The Morgan fingerprint density at radius 2 is 1.95 bits per heavy atom. The minimum Gasteiger partial charge on any atom is -0.345 e. The fraction of sp³-hybridized carbons (Fsp3) is 0.467. The molecule has 114 valence electrons. The van der Waals surface area contributed by atoms with Gasteiger partial charge in [-0.25, -0.2) is 8.78 Å². The highest BCUT2D eigenvalue weighted by Crippen LogP contribution is 2.28. The Morgan fingerprint density at radius 1 is 1.29 bits per heavy atom. The van der Waals surface area contributed by atoms with E-state index in [-0.39, 0.29) is 30.5 Å². The predicted molar refractivity (Wildman–Crippen MR) is 73.2 cm³/mol. The molecule has 1 unspecified atom stereocenters. The summed E-state index contributed by atoms with van der Waals surface area (Å²) in [6.45, 7) is 5.35. The summed E-state index contributed by atoms with van der Waals surface area (Å²) in [5.74, 6) is -1.93. The summed E-state index contributed by atoms with van der Waals surface area (Å²) in [4.78, 5) is 25.5. The van der Waals surface area contributed by atoms with Crippen molar-refractivity contribution in [1.29, 1.82) is 0 Å². The van der Waals surface area contributed by atoms with E-state index in [1.807, 2.05) is 20.8 Å². The van der Waals surface area contributed by atoms with E-state index in [9.17, 15) is 18.4 Å². The van der Waals surface area contributed by atoms with Gasteiger partial charge in [0.25, 0.3) is 0 Å². The maximum atomic E-state index is 13.8. The third kappa shape index (κ3) is 3.20. The largest absolute Gasteiger partial charge is 0.345 e. The van der Waals surface area contributed by atoms with Crippen LogP contribution in [0.25, 0.3) is 0 Å². The minimum absolute atomic E-state index is 0.0553. The molecule has 0 aromatic heterocycles. The smallest absolute Gasteiger partial charge is 0.243 e. The molecule has 6 heteroatoms. The number of nitrogens with one attached hydrogen (secondary N) is 1. The van der Waals surface area contributed by atoms with Gasteiger partial charge in [-0.05, 0) is 11.5 Å². The summed E-state index contributed by atoms with van der Waals surface area (Å²) < 4.78 is 26.7. The lowest BCUT2D eigenvalue weighted by Crippen LogP contribution is -2.62. The summed E-state index contributed by atoms with van der Waals surface area (Å²) in [7, 11) is 0. The molecule has 4 nitrogen and oxygen atoms in total. The highest BCUT2D eigenvalue weighted by molar-refractivity contribution is 5.95. The van der Waals surface area contributed by atoms with Crippen LogP contribution in [0, 0.1) is 17.0 Å². The van der Waals surface area contributed by atoms with E-state index in [1.165, 1.54) is 11.0 Å². The van der Waals surface area contributed by atoms with E-state index >= 15 is 0 Å². The van der Waals surface area contributed by atoms with E-state index in [1.54, 1.807) is 0 Å². The first-order valence-corrected chi connectivity index (χ1v) is 6.71. The van der Waals surface area contributed by atoms with Crippen LogP contribution in [0.3, 0.4) is 0 Å². The van der Waals surface area contributed by atoms with Gasteiger partial charge in [0.2, 0.25) is 11.8 Å². The fourth-order valence-corrected chi connectivity index (χ4v) is 2.52. The Kier molecular flexibility index (Phi) is 3.98. The molecule has 1 aliphatic heterocycles. The van der Waals surface area contributed by atoms with Gasteiger partial charge < -0.3 is 10.2 Å². The van der Waals surface area contributed by atoms with E-state index in [2.05, 4.69) is 5.32 Å². The standard InChI is InChI=1S/C15H18F2N2O2/c1-15(2,3)13-14(21)18-7-12(20)19(13)8-9-4-5-10(16)6-11(9)17/h4-6,13H,7-8H2,1-3H3,(H,18,21). The zero-order valence-corrected chi connectivity index (χ0v) is 12.2. The van der Waals surface area contributed by atoms with Gasteiger partial charge in [0, 0.05) is 18.2 Å². The Labute approximate surface area is 122 Å². The predicted octanol–water partition coefficient (Wildman–Crippen LogP) is 1.84. The van der Waals surface area contributed by atoms with Gasteiger partial charge in [0.05, 0.1) is 6.54 Å². The molecule has 2 rings (SSSR count). The van der Waals surface area contributed by atoms with Crippen molar-refractivity contribution in [2.24, 2.45) is 5.41 Å². The first kappa shape index (κ1) is 15.4. The van der Waals surface area contributed by atoms with Crippen LogP contribution in [0.4, 0.5) is 8.78 Å². The molecule has 1 N–H and O–H groups in total. The zero-order chi connectivity index (χ0) is 15.8. The number of carbonyl (C=O) groups excluding carboxylic acids is 2. The maximum absolute atomic E-state index is 13.8. The molecule has 1 aromatic rings. The van der Waals surface area contributed by atoms with Crippen molar-refractivity contribution in [3.63, 3.8) is 0 Å². The Hall–Kier alpha value is -1.98. The molecule has 1 atom stereocenters. The summed E-state index contributed by atoms with van der Waals surface area (Å²) in [5, 5.41) is 2.54. The molecule has 0 radical (unpaired) electrons. The monoisotopic (exact) mass is 296 g/mol. The van der Waals surface area contributed by atoms with Gasteiger partial charge in [0.15, 0.2) is 0 Å². The number of piperazine rings is 1. The Balaban J connectivity index is 2.33. The van der Waals surface area contributed by atoms with Crippen LogP contribution >= 0.6 is 0 Å². The Morgan fingerprint density at radius 3 is 2.52 bits per heavy atom. The maximum Gasteiger partial charge on any atom is 0.243 e. The van der Waals surface area contributed by atoms with E-state index in [0.29, 0.717) is 0 Å². The van der Waals surface area contributed by atoms with E-state index in [0.717, 1.165) is 12.1 Å². The van der Waals surface area contributed by atoms with Crippen LogP contribution in [-0.4, -0.2) is 29.3 Å². The van der Waals surface area contributed by atoms with E-state index in [4.69, 9.17) is 0 Å². The molecule has 1 aliphatic rings. The van der Waals surface area contributed by atoms with Crippen molar-refractivity contribution >= 4 is 11.8 Å². The average Bonchev–Trinajstić information content (AvgIpc) is 2.35. The van der Waals surface area contributed by atoms with Crippen LogP contribution in [0.5, 0.6) is 0 Å². The number of hydrogen-bond donors (Lipinski definition) is 1. The molecule has 0 spiro atoms. The molecule has 1 heterocycles. The molecule has 1 saturated heterocycles. The van der Waals surface area contributed by atoms with E-state index < -0.39 is 23.1 Å². The molecule has 2 amide bonds. The molecular formula is C15H18F2N2O2. The zero-order valence-electron chi connectivity index (χ0n) is 12.2. The minimum atomic E-state index is -0.721. The summed E-state index contributed by atoms with van der Waals surface area (Å²) in [6.07, 6.45) is 0. The van der Waals surface area contributed by atoms with Gasteiger partial charge in [-0.3, -0.25) is 9.59 Å². The number of benzene rings is 1. The average molecular weight is 296 g/mol.